The number of nitrogen functional groups attached to an aromatic ring is 1. The molecule has 1 rings (SSSR count). The Kier molecular flexibility index (Phi) is 5.38. The van der Waals surface area contributed by atoms with Crippen LogP contribution < -0.4 is 5.73 Å². The van der Waals surface area contributed by atoms with Crippen LogP contribution in [0, 0.1) is 5.92 Å². The van der Waals surface area contributed by atoms with Gasteiger partial charge in [0, 0.05) is 18.8 Å². The van der Waals surface area contributed by atoms with Crippen LogP contribution in [0.15, 0.2) is 24.3 Å². The van der Waals surface area contributed by atoms with E-state index in [1.165, 1.54) is 4.31 Å². The number of nitrogens with zero attached hydrogens (tertiary/aromatic N) is 1. The third-order valence-electron chi connectivity index (χ3n) is 3.33. The molecule has 0 fully saturated rings. The SMILES string of the molecule is CC(C)CCS(=O)(=O)N(C)C(C)c1cccc(N)c1. The van der Waals surface area contributed by atoms with Gasteiger partial charge in [0.05, 0.1) is 5.75 Å². The molecule has 0 aromatic heterocycles. The molecule has 1 atom stereocenters. The summed E-state index contributed by atoms with van der Waals surface area (Å²) in [6, 6.07) is 7.15. The molecule has 0 bridgehead atoms. The van der Waals surface area contributed by atoms with Gasteiger partial charge in [0.15, 0.2) is 0 Å². The molecule has 1 aromatic rings. The van der Waals surface area contributed by atoms with Gasteiger partial charge in [-0.3, -0.25) is 0 Å². The van der Waals surface area contributed by atoms with E-state index in [4.69, 9.17) is 5.73 Å². The highest BCUT2D eigenvalue weighted by atomic mass is 32.2. The minimum Gasteiger partial charge on any atom is -0.399 e. The standard InChI is InChI=1S/C14H24N2O2S/c1-11(2)8-9-19(17,18)16(4)12(3)13-6-5-7-14(15)10-13/h5-7,10-12H,8-9,15H2,1-4H3. The molecule has 0 amide bonds. The number of rotatable bonds is 6. The smallest absolute Gasteiger partial charge is 0.214 e. The summed E-state index contributed by atoms with van der Waals surface area (Å²) in [5.41, 5.74) is 7.30. The van der Waals surface area contributed by atoms with E-state index in [2.05, 4.69) is 0 Å². The summed E-state index contributed by atoms with van der Waals surface area (Å²) in [5.74, 6) is 0.569. The highest BCUT2D eigenvalue weighted by molar-refractivity contribution is 7.89. The number of benzene rings is 1. The molecule has 0 aliphatic rings. The number of hydrogen-bond acceptors (Lipinski definition) is 3. The fourth-order valence-corrected chi connectivity index (χ4v) is 3.46. The average Bonchev–Trinajstić information content (AvgIpc) is 2.34. The summed E-state index contributed by atoms with van der Waals surface area (Å²) in [7, 11) is -1.59. The van der Waals surface area contributed by atoms with Crippen LogP contribution in [0.5, 0.6) is 0 Å². The predicted molar refractivity (Wildman–Crippen MR) is 80.3 cm³/mol. The maximum atomic E-state index is 12.2. The van der Waals surface area contributed by atoms with Crippen LogP contribution in [-0.4, -0.2) is 25.5 Å². The zero-order chi connectivity index (χ0) is 14.6. The molecule has 0 aliphatic carbocycles. The third kappa shape index (κ3) is 4.51. The van der Waals surface area contributed by atoms with Gasteiger partial charge in [0.2, 0.25) is 10.0 Å². The zero-order valence-corrected chi connectivity index (χ0v) is 12.9. The molecule has 108 valence electrons. The molecule has 1 unspecified atom stereocenters. The van der Waals surface area contributed by atoms with Crippen molar-refractivity contribution in [2.75, 3.05) is 18.5 Å². The van der Waals surface area contributed by atoms with Gasteiger partial charge in [-0.2, -0.15) is 4.31 Å². The zero-order valence-electron chi connectivity index (χ0n) is 12.1. The highest BCUT2D eigenvalue weighted by Gasteiger charge is 2.24. The van der Waals surface area contributed by atoms with Crippen molar-refractivity contribution < 1.29 is 8.42 Å². The number of anilines is 1. The van der Waals surface area contributed by atoms with E-state index in [0.717, 1.165) is 5.56 Å². The predicted octanol–water partition coefficient (Wildman–Crippen LogP) is 2.64. The molecule has 0 radical (unpaired) electrons. The lowest BCUT2D eigenvalue weighted by atomic mass is 10.1. The first-order valence-electron chi connectivity index (χ1n) is 6.55. The van der Waals surface area contributed by atoms with E-state index < -0.39 is 10.0 Å². The largest absolute Gasteiger partial charge is 0.399 e. The van der Waals surface area contributed by atoms with Gasteiger partial charge in [0.25, 0.3) is 0 Å². The van der Waals surface area contributed by atoms with Crippen LogP contribution in [0.1, 0.15) is 38.8 Å². The first kappa shape index (κ1) is 16.0. The highest BCUT2D eigenvalue weighted by Crippen LogP contribution is 2.23. The Morgan fingerprint density at radius 3 is 2.42 bits per heavy atom. The minimum atomic E-state index is -3.22. The van der Waals surface area contributed by atoms with Crippen molar-refractivity contribution in [2.45, 2.75) is 33.2 Å². The molecule has 5 heteroatoms. The maximum Gasteiger partial charge on any atom is 0.214 e. The van der Waals surface area contributed by atoms with E-state index in [1.54, 1.807) is 13.1 Å². The lowest BCUT2D eigenvalue weighted by Gasteiger charge is -2.25. The fourth-order valence-electron chi connectivity index (χ4n) is 1.80. The van der Waals surface area contributed by atoms with E-state index >= 15 is 0 Å². The Hall–Kier alpha value is -1.07. The lowest BCUT2D eigenvalue weighted by molar-refractivity contribution is 0.396. The van der Waals surface area contributed by atoms with Crippen LogP contribution >= 0.6 is 0 Å². The van der Waals surface area contributed by atoms with E-state index in [9.17, 15) is 8.42 Å². The Morgan fingerprint density at radius 2 is 1.89 bits per heavy atom. The molecular weight excluding hydrogens is 260 g/mol. The van der Waals surface area contributed by atoms with Gasteiger partial charge in [-0.15, -0.1) is 0 Å². The van der Waals surface area contributed by atoms with Crippen LogP contribution in [0.25, 0.3) is 0 Å². The fraction of sp³-hybridized carbons (Fsp3) is 0.571. The topological polar surface area (TPSA) is 63.4 Å². The summed E-state index contributed by atoms with van der Waals surface area (Å²) in [5, 5.41) is 0. The quantitative estimate of drug-likeness (QED) is 0.817. The second-order valence-electron chi connectivity index (χ2n) is 5.36. The summed E-state index contributed by atoms with van der Waals surface area (Å²) in [4.78, 5) is 0. The van der Waals surface area contributed by atoms with Crippen molar-refractivity contribution in [3.05, 3.63) is 29.8 Å². The molecule has 0 aliphatic heterocycles. The molecule has 1 aromatic carbocycles. The van der Waals surface area contributed by atoms with E-state index in [0.29, 0.717) is 18.0 Å². The van der Waals surface area contributed by atoms with Crippen molar-refractivity contribution in [1.29, 1.82) is 0 Å². The molecule has 2 N–H and O–H groups in total. The molecule has 0 saturated heterocycles. The van der Waals surface area contributed by atoms with E-state index in [-0.39, 0.29) is 11.8 Å². The Bertz CT molecular complexity index is 512. The van der Waals surface area contributed by atoms with Gasteiger partial charge >= 0.3 is 0 Å². The third-order valence-corrected chi connectivity index (χ3v) is 5.28. The summed E-state index contributed by atoms with van der Waals surface area (Å²) in [6.45, 7) is 5.93. The van der Waals surface area contributed by atoms with E-state index in [1.807, 2.05) is 39.0 Å². The molecule has 0 heterocycles. The molecule has 19 heavy (non-hydrogen) atoms. The Balaban J connectivity index is 2.84. The van der Waals surface area contributed by atoms with Gasteiger partial charge in [-0.25, -0.2) is 8.42 Å². The maximum absolute atomic E-state index is 12.2. The van der Waals surface area contributed by atoms with Crippen molar-refractivity contribution in [3.63, 3.8) is 0 Å². The normalized spacial score (nSPS) is 14.0. The summed E-state index contributed by atoms with van der Waals surface area (Å²) < 4.78 is 25.9. The van der Waals surface area contributed by atoms with Crippen LogP contribution in [0.3, 0.4) is 0 Å². The Morgan fingerprint density at radius 1 is 1.26 bits per heavy atom. The molecular formula is C14H24N2O2S. The number of hydrogen-bond donors (Lipinski definition) is 1. The van der Waals surface area contributed by atoms with Crippen molar-refractivity contribution in [2.24, 2.45) is 5.92 Å². The Labute approximate surface area is 116 Å². The second-order valence-corrected chi connectivity index (χ2v) is 7.51. The number of sulfonamides is 1. The van der Waals surface area contributed by atoms with Crippen LogP contribution in [-0.2, 0) is 10.0 Å². The second kappa shape index (κ2) is 6.39. The summed E-state index contributed by atoms with van der Waals surface area (Å²) in [6.07, 6.45) is 0.677. The van der Waals surface area contributed by atoms with Crippen molar-refractivity contribution >= 4 is 15.7 Å². The lowest BCUT2D eigenvalue weighted by Crippen LogP contribution is -2.32. The van der Waals surface area contributed by atoms with Gasteiger partial charge in [-0.05, 0) is 37.0 Å². The van der Waals surface area contributed by atoms with Crippen molar-refractivity contribution in [3.8, 4) is 0 Å². The molecule has 0 saturated carbocycles. The molecule has 4 nitrogen and oxygen atoms in total. The van der Waals surface area contributed by atoms with Crippen LogP contribution in [0.4, 0.5) is 5.69 Å². The average molecular weight is 284 g/mol. The van der Waals surface area contributed by atoms with Gasteiger partial charge in [0.1, 0.15) is 0 Å². The summed E-state index contributed by atoms with van der Waals surface area (Å²) >= 11 is 0. The van der Waals surface area contributed by atoms with Crippen molar-refractivity contribution in [1.82, 2.24) is 4.31 Å². The van der Waals surface area contributed by atoms with Gasteiger partial charge < -0.3 is 5.73 Å². The minimum absolute atomic E-state index is 0.188. The first-order chi connectivity index (χ1) is 8.74. The van der Waals surface area contributed by atoms with Gasteiger partial charge in [-0.1, -0.05) is 26.0 Å². The monoisotopic (exact) mass is 284 g/mol. The first-order valence-corrected chi connectivity index (χ1v) is 8.16. The number of nitrogens with two attached hydrogens (primary N) is 1. The van der Waals surface area contributed by atoms with Crippen LogP contribution in [0.2, 0.25) is 0 Å². The molecule has 0 spiro atoms.